The molecule has 0 saturated heterocycles. The van der Waals surface area contributed by atoms with Gasteiger partial charge in [-0.15, -0.1) is 0 Å². The van der Waals surface area contributed by atoms with Gasteiger partial charge in [0, 0.05) is 19.3 Å². The lowest BCUT2D eigenvalue weighted by molar-refractivity contribution is 0.0925. The average Bonchev–Trinajstić information content (AvgIpc) is 2.25. The summed E-state index contributed by atoms with van der Waals surface area (Å²) in [5, 5.41) is 2.88. The van der Waals surface area contributed by atoms with Crippen molar-refractivity contribution in [3.8, 4) is 0 Å². The molecular weight excluding hydrogens is 228 g/mol. The molecule has 5 nitrogen and oxygen atoms in total. The Morgan fingerprint density at radius 2 is 2.17 bits per heavy atom. The molecule has 5 heteroatoms. The topological polar surface area (TPSA) is 71.2 Å². The first-order valence-corrected chi connectivity index (χ1v) is 5.95. The molecule has 3 N–H and O–H groups in total. The number of carbonyl (C=O) groups excluding carboxylic acids is 1. The summed E-state index contributed by atoms with van der Waals surface area (Å²) in [5.41, 5.74) is 6.41. The van der Waals surface area contributed by atoms with Crippen LogP contribution in [0, 0.1) is 5.41 Å². The van der Waals surface area contributed by atoms with Gasteiger partial charge in [-0.05, 0) is 31.6 Å². The molecule has 0 saturated carbocycles. The average molecular weight is 250 g/mol. The zero-order valence-corrected chi connectivity index (χ0v) is 11.5. The van der Waals surface area contributed by atoms with Crippen LogP contribution in [0.15, 0.2) is 18.3 Å². The van der Waals surface area contributed by atoms with Crippen LogP contribution in [-0.2, 0) is 0 Å². The fraction of sp³-hybridized carbons (Fsp3) is 0.538. The van der Waals surface area contributed by atoms with Gasteiger partial charge in [-0.2, -0.15) is 0 Å². The number of hydrogen-bond acceptors (Lipinski definition) is 4. The molecule has 0 atom stereocenters. The fourth-order valence-corrected chi connectivity index (χ4v) is 1.92. The zero-order chi connectivity index (χ0) is 13.8. The molecule has 0 aliphatic heterocycles. The molecule has 0 unspecified atom stereocenters. The van der Waals surface area contributed by atoms with Gasteiger partial charge in [-0.1, -0.05) is 13.8 Å². The summed E-state index contributed by atoms with van der Waals surface area (Å²) in [6.45, 7) is 5.69. The van der Waals surface area contributed by atoms with Crippen LogP contribution in [0.2, 0.25) is 0 Å². The minimum Gasteiger partial charge on any atom is -0.397 e. The van der Waals surface area contributed by atoms with Crippen molar-refractivity contribution >= 4 is 11.6 Å². The van der Waals surface area contributed by atoms with Gasteiger partial charge in [-0.3, -0.25) is 4.79 Å². The Labute approximate surface area is 108 Å². The Hall–Kier alpha value is -1.62. The Balaban J connectivity index is 2.59. The number of pyridine rings is 1. The van der Waals surface area contributed by atoms with Gasteiger partial charge in [0.15, 0.2) is 5.69 Å². The number of nitrogens with zero attached hydrogens (tertiary/aromatic N) is 2. The number of nitrogens with one attached hydrogen (secondary N) is 1. The predicted molar refractivity (Wildman–Crippen MR) is 73.3 cm³/mol. The number of hydrogen-bond donors (Lipinski definition) is 2. The number of aromatic nitrogens is 1. The SMILES string of the molecule is CN(C)CC(C)(C)CNC(=O)c1ncccc1N. The quantitative estimate of drug-likeness (QED) is 0.817. The minimum atomic E-state index is -0.222. The molecule has 1 rings (SSSR count). The predicted octanol–water partition coefficient (Wildman–Crippen LogP) is 0.981. The summed E-state index contributed by atoms with van der Waals surface area (Å²) in [6.07, 6.45) is 1.57. The van der Waals surface area contributed by atoms with Gasteiger partial charge >= 0.3 is 0 Å². The molecule has 1 heterocycles. The van der Waals surface area contributed by atoms with E-state index in [0.29, 0.717) is 12.2 Å². The van der Waals surface area contributed by atoms with Gasteiger partial charge in [-0.25, -0.2) is 4.98 Å². The third-order valence-electron chi connectivity index (χ3n) is 2.53. The second-order valence-electron chi connectivity index (χ2n) is 5.53. The van der Waals surface area contributed by atoms with Crippen LogP contribution in [0.1, 0.15) is 24.3 Å². The van der Waals surface area contributed by atoms with Gasteiger partial charge < -0.3 is 16.0 Å². The van der Waals surface area contributed by atoms with Crippen molar-refractivity contribution in [1.29, 1.82) is 0 Å². The van der Waals surface area contributed by atoms with Crippen molar-refractivity contribution in [2.24, 2.45) is 5.41 Å². The van der Waals surface area contributed by atoms with Crippen molar-refractivity contribution in [1.82, 2.24) is 15.2 Å². The van der Waals surface area contributed by atoms with Crippen molar-refractivity contribution in [3.05, 3.63) is 24.0 Å². The third kappa shape index (κ3) is 4.33. The molecule has 0 aliphatic carbocycles. The maximum Gasteiger partial charge on any atom is 0.272 e. The van der Waals surface area contributed by atoms with E-state index in [1.807, 2.05) is 14.1 Å². The minimum absolute atomic E-state index is 0.00268. The maximum atomic E-state index is 11.9. The normalized spacial score (nSPS) is 11.6. The number of carbonyl (C=O) groups is 1. The standard InChI is InChI=1S/C13H22N4O/c1-13(2,9-17(3)4)8-16-12(18)11-10(14)6-5-7-15-11/h5-7H,8-9,14H2,1-4H3,(H,16,18). The van der Waals surface area contributed by atoms with Crippen molar-refractivity contribution < 1.29 is 4.79 Å². The Morgan fingerprint density at radius 1 is 1.50 bits per heavy atom. The van der Waals surface area contributed by atoms with Crippen LogP contribution in [0.5, 0.6) is 0 Å². The van der Waals surface area contributed by atoms with Crippen molar-refractivity contribution in [3.63, 3.8) is 0 Å². The summed E-state index contributed by atoms with van der Waals surface area (Å²) in [4.78, 5) is 18.0. The summed E-state index contributed by atoms with van der Waals surface area (Å²) >= 11 is 0. The highest BCUT2D eigenvalue weighted by Gasteiger charge is 2.21. The number of amides is 1. The van der Waals surface area contributed by atoms with E-state index < -0.39 is 0 Å². The van der Waals surface area contributed by atoms with Crippen molar-refractivity contribution in [2.45, 2.75) is 13.8 Å². The highest BCUT2D eigenvalue weighted by atomic mass is 16.1. The molecule has 0 radical (unpaired) electrons. The van der Waals surface area contributed by atoms with Crippen LogP contribution in [0.4, 0.5) is 5.69 Å². The molecular formula is C13H22N4O. The van der Waals surface area contributed by atoms with Gasteiger partial charge in [0.1, 0.15) is 0 Å². The first-order chi connectivity index (χ1) is 8.32. The summed E-state index contributed by atoms with van der Waals surface area (Å²) in [5.74, 6) is -0.222. The highest BCUT2D eigenvalue weighted by molar-refractivity contribution is 5.96. The number of nitrogen functional groups attached to an aromatic ring is 1. The lowest BCUT2D eigenvalue weighted by Crippen LogP contribution is -2.40. The third-order valence-corrected chi connectivity index (χ3v) is 2.53. The van der Waals surface area contributed by atoms with Crippen molar-refractivity contribution in [2.75, 3.05) is 32.9 Å². The van der Waals surface area contributed by atoms with E-state index in [4.69, 9.17) is 5.73 Å². The second kappa shape index (κ2) is 5.82. The van der Waals surface area contributed by atoms with Crippen LogP contribution in [0.3, 0.4) is 0 Å². The van der Waals surface area contributed by atoms with E-state index in [-0.39, 0.29) is 17.0 Å². The van der Waals surface area contributed by atoms with Gasteiger partial charge in [0.2, 0.25) is 0 Å². The van der Waals surface area contributed by atoms with E-state index >= 15 is 0 Å². The lowest BCUT2D eigenvalue weighted by atomic mass is 9.93. The van der Waals surface area contributed by atoms with Gasteiger partial charge in [0.25, 0.3) is 5.91 Å². The summed E-state index contributed by atoms with van der Waals surface area (Å²) in [7, 11) is 4.03. The Bertz CT molecular complexity index is 415. The van der Waals surface area contributed by atoms with E-state index in [2.05, 4.69) is 29.0 Å². The number of rotatable bonds is 5. The van der Waals surface area contributed by atoms with Crippen LogP contribution in [0.25, 0.3) is 0 Å². The summed E-state index contributed by atoms with van der Waals surface area (Å²) < 4.78 is 0. The summed E-state index contributed by atoms with van der Waals surface area (Å²) in [6, 6.07) is 3.38. The van der Waals surface area contributed by atoms with Crippen LogP contribution >= 0.6 is 0 Å². The Morgan fingerprint density at radius 3 is 2.72 bits per heavy atom. The van der Waals surface area contributed by atoms with E-state index in [9.17, 15) is 4.79 Å². The first-order valence-electron chi connectivity index (χ1n) is 5.95. The first kappa shape index (κ1) is 14.4. The number of anilines is 1. The van der Waals surface area contributed by atoms with E-state index in [1.54, 1.807) is 18.3 Å². The molecule has 0 spiro atoms. The Kier molecular flexibility index (Phi) is 4.67. The second-order valence-corrected chi connectivity index (χ2v) is 5.53. The van der Waals surface area contributed by atoms with E-state index in [1.165, 1.54) is 0 Å². The maximum absolute atomic E-state index is 11.9. The molecule has 0 aromatic carbocycles. The molecule has 1 amide bonds. The molecule has 18 heavy (non-hydrogen) atoms. The van der Waals surface area contributed by atoms with Crippen LogP contribution in [-0.4, -0.2) is 43.0 Å². The molecule has 1 aromatic rings. The molecule has 0 bridgehead atoms. The smallest absolute Gasteiger partial charge is 0.272 e. The molecule has 1 aromatic heterocycles. The monoisotopic (exact) mass is 250 g/mol. The largest absolute Gasteiger partial charge is 0.397 e. The van der Waals surface area contributed by atoms with Gasteiger partial charge in [0.05, 0.1) is 5.69 Å². The molecule has 100 valence electrons. The fourth-order valence-electron chi connectivity index (χ4n) is 1.92. The molecule has 0 fully saturated rings. The lowest BCUT2D eigenvalue weighted by Gasteiger charge is -2.28. The molecule has 0 aliphatic rings. The zero-order valence-electron chi connectivity index (χ0n) is 11.5. The highest BCUT2D eigenvalue weighted by Crippen LogP contribution is 2.15. The van der Waals surface area contributed by atoms with E-state index in [0.717, 1.165) is 6.54 Å². The van der Waals surface area contributed by atoms with Crippen LogP contribution < -0.4 is 11.1 Å². The number of nitrogens with two attached hydrogens (primary N) is 1.